The van der Waals surface area contributed by atoms with Gasteiger partial charge < -0.3 is 34.6 Å². The van der Waals surface area contributed by atoms with E-state index >= 15 is 0 Å². The average molecular weight is 981 g/mol. The number of hydrogen-bond acceptors (Lipinski definition) is 16. The first-order chi connectivity index (χ1) is 33.5. The van der Waals surface area contributed by atoms with E-state index in [4.69, 9.17) is 22.9 Å². The molecule has 6 aromatic rings. The fourth-order valence-corrected chi connectivity index (χ4v) is 8.88. The predicted octanol–water partition coefficient (Wildman–Crippen LogP) is 10.9. The van der Waals surface area contributed by atoms with E-state index in [9.17, 15) is 23.4 Å². The maximum atomic E-state index is 14.3. The third-order valence-electron chi connectivity index (χ3n) is 10.8. The van der Waals surface area contributed by atoms with Crippen molar-refractivity contribution in [2.24, 2.45) is 10.2 Å². The van der Waals surface area contributed by atoms with Crippen LogP contribution >= 0.6 is 11.5 Å². The Morgan fingerprint density at radius 2 is 1.46 bits per heavy atom. The summed E-state index contributed by atoms with van der Waals surface area (Å²) >= 11 is -0.745. The molecule has 364 valence electrons. The van der Waals surface area contributed by atoms with Gasteiger partial charge in [-0.15, -0.1) is 10.2 Å². The Balaban J connectivity index is 1.08. The van der Waals surface area contributed by atoms with Crippen LogP contribution in [0.4, 0.5) is 27.8 Å². The fourth-order valence-electron chi connectivity index (χ4n) is 7.38. The molecule has 7 rings (SSSR count). The third-order valence-corrected chi connectivity index (χ3v) is 12.6. The first kappa shape index (κ1) is 50.4. The van der Waals surface area contributed by atoms with Crippen molar-refractivity contribution in [3.63, 3.8) is 0 Å². The van der Waals surface area contributed by atoms with Crippen LogP contribution in [0.5, 0.6) is 5.75 Å². The van der Waals surface area contributed by atoms with Gasteiger partial charge in [-0.25, -0.2) is 14.0 Å². The van der Waals surface area contributed by atoms with Gasteiger partial charge in [0.05, 0.1) is 52.9 Å². The van der Waals surface area contributed by atoms with Crippen molar-refractivity contribution in [2.75, 3.05) is 48.9 Å². The summed E-state index contributed by atoms with van der Waals surface area (Å²) in [5, 5.41) is 19.7. The minimum absolute atomic E-state index is 0.0318. The van der Waals surface area contributed by atoms with E-state index in [1.54, 1.807) is 71.8 Å². The molecule has 2 atom stereocenters. The second kappa shape index (κ2) is 25.2. The molecule has 4 aromatic carbocycles. The number of aromatic nitrogens is 2. The number of amides is 3. The molecule has 0 saturated carbocycles. The zero-order chi connectivity index (χ0) is 48.5. The van der Waals surface area contributed by atoms with E-state index in [1.807, 2.05) is 0 Å². The topological polar surface area (TPSA) is 225 Å². The number of unbranched alkanes of at least 4 members (excludes halogenated alkanes) is 9. The highest BCUT2D eigenvalue weighted by molar-refractivity contribution is 7.80. The van der Waals surface area contributed by atoms with Crippen molar-refractivity contribution in [1.29, 1.82) is 0 Å². The Kier molecular flexibility index (Phi) is 18.4. The number of benzene rings is 4. The van der Waals surface area contributed by atoms with Crippen molar-refractivity contribution >= 4 is 96.1 Å². The van der Waals surface area contributed by atoms with Crippen LogP contribution in [0.2, 0.25) is 0 Å². The molecular weight excluding hydrogens is 925 g/mol. The van der Waals surface area contributed by atoms with Crippen LogP contribution < -0.4 is 20.7 Å². The number of nitrogens with one attached hydrogen (secondary N) is 3. The smallest absolute Gasteiger partial charge is 0.338 e. The number of esters is 1. The molecule has 1 aliphatic heterocycles. The number of hydrogen-bond donors (Lipinski definition) is 3. The van der Waals surface area contributed by atoms with E-state index in [2.05, 4.69) is 42.5 Å². The molecule has 2 aromatic heterocycles. The summed E-state index contributed by atoms with van der Waals surface area (Å²) in [6, 6.07) is 21.1. The Hall–Kier alpha value is -6.45. The number of ether oxygens (including phenoxy) is 3. The molecule has 0 spiro atoms. The SMILES string of the molecule is CCCCCCCCCCCCOC(=O)c1ccc(NC(=O)C(Oc2c(NC(C)=O)cc(N=Nc3snc4ccc(S(=O)ON5CCOCC5)cc34)cc2NC(C)=O)c2nc3ccccc3o2)cc1. The summed E-state index contributed by atoms with van der Waals surface area (Å²) in [5.74, 6) is -2.43. The van der Waals surface area contributed by atoms with Crippen LogP contribution in [-0.2, 0) is 39.2 Å². The number of para-hydroxylation sites is 2. The zero-order valence-corrected chi connectivity index (χ0v) is 40.5. The molecule has 3 heterocycles. The Bertz CT molecular complexity index is 2700. The molecule has 3 amide bonds. The highest BCUT2D eigenvalue weighted by atomic mass is 32.2. The standard InChI is InChI=1S/C49H56N8O10S2/c1-4-5-6-7-8-9-10-11-12-15-26-64-49(61)34-18-20-35(21-19-34)52-46(60)45(47-53-40-16-13-14-17-43(40)65-47)66-44-41(50-32(2)58)29-36(30-42(44)51-33(3)59)54-55-48-38-31-37(22-23-39(38)56-68-48)69(62)67-57-24-27-63-28-25-57/h13-14,16-23,29-31,45H,4-12,15,24-28H2,1-3H3,(H,50,58)(H,51,59)(H,52,60). The van der Waals surface area contributed by atoms with Crippen molar-refractivity contribution in [1.82, 2.24) is 14.4 Å². The molecule has 0 aliphatic carbocycles. The van der Waals surface area contributed by atoms with E-state index in [1.165, 1.54) is 70.9 Å². The van der Waals surface area contributed by atoms with Gasteiger partial charge in [-0.1, -0.05) is 76.8 Å². The van der Waals surface area contributed by atoms with Crippen molar-refractivity contribution in [3.8, 4) is 5.75 Å². The normalized spacial score (nSPS) is 13.9. The van der Waals surface area contributed by atoms with Crippen LogP contribution in [0.3, 0.4) is 0 Å². The number of oxazole rings is 1. The number of rotatable bonds is 24. The van der Waals surface area contributed by atoms with E-state index in [-0.39, 0.29) is 28.7 Å². The van der Waals surface area contributed by atoms with Gasteiger partial charge in [0.25, 0.3) is 12.0 Å². The number of carbonyl (C=O) groups excluding carboxylic acids is 4. The van der Waals surface area contributed by atoms with Gasteiger partial charge in [0.2, 0.25) is 28.8 Å². The summed E-state index contributed by atoms with van der Waals surface area (Å²) in [4.78, 5) is 57.5. The number of azo groups is 1. The highest BCUT2D eigenvalue weighted by Crippen LogP contribution is 2.42. The van der Waals surface area contributed by atoms with Gasteiger partial charge in [-0.3, -0.25) is 14.4 Å². The van der Waals surface area contributed by atoms with Crippen molar-refractivity contribution < 1.29 is 46.3 Å². The molecule has 20 heteroatoms. The van der Waals surface area contributed by atoms with Gasteiger partial charge in [-0.05, 0) is 84.7 Å². The van der Waals surface area contributed by atoms with Crippen LogP contribution in [0, 0.1) is 0 Å². The molecule has 1 fully saturated rings. The third kappa shape index (κ3) is 14.5. The van der Waals surface area contributed by atoms with Crippen LogP contribution in [-0.4, -0.2) is 75.2 Å². The minimum atomic E-state index is -1.81. The molecule has 69 heavy (non-hydrogen) atoms. The van der Waals surface area contributed by atoms with Gasteiger partial charge in [0, 0.05) is 38.0 Å². The molecule has 18 nitrogen and oxygen atoms in total. The first-order valence-corrected chi connectivity index (χ1v) is 25.0. The lowest BCUT2D eigenvalue weighted by atomic mass is 10.1. The maximum absolute atomic E-state index is 14.3. The number of hydroxylamine groups is 2. The first-order valence-electron chi connectivity index (χ1n) is 23.1. The number of morpholine rings is 1. The van der Waals surface area contributed by atoms with Gasteiger partial charge in [0.15, 0.2) is 16.3 Å². The van der Waals surface area contributed by atoms with E-state index in [0.717, 1.165) is 30.8 Å². The number of anilines is 3. The van der Waals surface area contributed by atoms with Crippen molar-refractivity contribution in [3.05, 3.63) is 90.3 Å². The maximum Gasteiger partial charge on any atom is 0.338 e. The molecule has 0 bridgehead atoms. The summed E-state index contributed by atoms with van der Waals surface area (Å²) in [6.07, 6.45) is 10.1. The van der Waals surface area contributed by atoms with Crippen molar-refractivity contribution in [2.45, 2.75) is 96.0 Å². The van der Waals surface area contributed by atoms with Gasteiger partial charge in [0.1, 0.15) is 5.52 Å². The zero-order valence-electron chi connectivity index (χ0n) is 38.8. The number of fused-ring (bicyclic) bond motifs is 2. The van der Waals surface area contributed by atoms with Crippen LogP contribution in [0.25, 0.3) is 22.0 Å². The lowest BCUT2D eigenvalue weighted by molar-refractivity contribution is -0.123. The molecule has 3 N–H and O–H groups in total. The van der Waals surface area contributed by atoms with Gasteiger partial charge >= 0.3 is 5.97 Å². The lowest BCUT2D eigenvalue weighted by Crippen LogP contribution is -2.36. The molecular formula is C49H56N8O10S2. The highest BCUT2D eigenvalue weighted by Gasteiger charge is 2.32. The summed E-state index contributed by atoms with van der Waals surface area (Å²) in [7, 11) is 0. The largest absolute Gasteiger partial charge is 0.466 e. The molecule has 2 unspecified atom stereocenters. The molecule has 1 aliphatic rings. The van der Waals surface area contributed by atoms with Crippen LogP contribution in [0.15, 0.2) is 98.4 Å². The summed E-state index contributed by atoms with van der Waals surface area (Å²) < 4.78 is 46.6. The quantitative estimate of drug-likeness (QED) is 0.0292. The van der Waals surface area contributed by atoms with Gasteiger partial charge in [-0.2, -0.15) is 13.7 Å². The number of carbonyl (C=O) groups is 4. The fraction of sp³-hybridized carbons (Fsp3) is 0.388. The molecule has 1 saturated heterocycles. The van der Waals surface area contributed by atoms with E-state index in [0.29, 0.717) is 76.1 Å². The minimum Gasteiger partial charge on any atom is -0.466 e. The Morgan fingerprint density at radius 1 is 0.797 bits per heavy atom. The Morgan fingerprint density at radius 3 is 2.13 bits per heavy atom. The summed E-state index contributed by atoms with van der Waals surface area (Å²) in [6.45, 7) is 7.02. The Labute approximate surface area is 406 Å². The monoisotopic (exact) mass is 980 g/mol. The molecule has 0 radical (unpaired) electrons. The second-order valence-corrected chi connectivity index (χ2v) is 18.2. The summed E-state index contributed by atoms with van der Waals surface area (Å²) in [5.41, 5.74) is 2.32. The van der Waals surface area contributed by atoms with Crippen LogP contribution in [0.1, 0.15) is 107 Å². The van der Waals surface area contributed by atoms with E-state index < -0.39 is 40.9 Å². The second-order valence-electron chi connectivity index (χ2n) is 16.4. The number of nitrogens with zero attached hydrogens (tertiary/aromatic N) is 5. The average Bonchev–Trinajstić information content (AvgIpc) is 3.96. The lowest BCUT2D eigenvalue weighted by Gasteiger charge is -2.24. The predicted molar refractivity (Wildman–Crippen MR) is 263 cm³/mol.